The van der Waals surface area contributed by atoms with Crippen molar-refractivity contribution in [2.24, 2.45) is 0 Å². The molecule has 1 saturated heterocycles. The molecule has 0 radical (unpaired) electrons. The van der Waals surface area contributed by atoms with Gasteiger partial charge in [-0.2, -0.15) is 0 Å². The van der Waals surface area contributed by atoms with Gasteiger partial charge in [0.05, 0.1) is 0 Å². The van der Waals surface area contributed by atoms with Gasteiger partial charge in [0.1, 0.15) is 0 Å². The molecule has 0 aliphatic carbocycles. The molecule has 0 spiro atoms. The first-order chi connectivity index (χ1) is 8.48. The second-order valence-electron chi connectivity index (χ2n) is 8.40. The predicted molar refractivity (Wildman–Crippen MR) is 85.7 cm³/mol. The van der Waals surface area contributed by atoms with Crippen molar-refractivity contribution in [2.45, 2.75) is 104 Å². The van der Waals surface area contributed by atoms with Crippen molar-refractivity contribution in [1.29, 1.82) is 0 Å². The van der Waals surface area contributed by atoms with E-state index in [-0.39, 0.29) is 5.54 Å². The smallest absolute Gasteiger partial charge is 0.0133 e. The van der Waals surface area contributed by atoms with E-state index in [9.17, 15) is 0 Å². The molecule has 0 aromatic heterocycles. The quantitative estimate of drug-likeness (QED) is 0.756. The molecule has 2 nitrogen and oxygen atoms in total. The molecule has 2 heteroatoms. The Kier molecular flexibility index (Phi) is 5.12. The third-order valence-corrected chi connectivity index (χ3v) is 4.91. The minimum Gasteiger partial charge on any atom is -0.299 e. The fraction of sp³-hybridized carbons (Fsp3) is 1.00. The molecule has 3 atom stereocenters. The van der Waals surface area contributed by atoms with Crippen LogP contribution < -0.4 is 0 Å². The molecule has 1 rings (SSSR count). The molecule has 1 heterocycles. The van der Waals surface area contributed by atoms with Crippen molar-refractivity contribution in [3.8, 4) is 0 Å². The van der Waals surface area contributed by atoms with E-state index in [2.05, 4.69) is 72.2 Å². The SMILES string of the molecule is CCC1CC(CC(C)N(C)C(C)(C)C)N1C(C)(C)C. The van der Waals surface area contributed by atoms with E-state index >= 15 is 0 Å². The van der Waals surface area contributed by atoms with E-state index in [1.54, 1.807) is 0 Å². The topological polar surface area (TPSA) is 6.48 Å². The zero-order valence-corrected chi connectivity index (χ0v) is 14.7. The minimum atomic E-state index is 0.264. The van der Waals surface area contributed by atoms with Crippen molar-refractivity contribution in [3.63, 3.8) is 0 Å². The fourth-order valence-corrected chi connectivity index (χ4v) is 3.58. The monoisotopic (exact) mass is 268 g/mol. The van der Waals surface area contributed by atoms with Gasteiger partial charge in [0.25, 0.3) is 0 Å². The van der Waals surface area contributed by atoms with Crippen LogP contribution in [-0.4, -0.2) is 46.1 Å². The standard InChI is InChI=1S/C17H36N2/c1-10-14-12-15(19(14)17(6,7)8)11-13(2)18(9)16(3,4)5/h13-15H,10-12H2,1-9H3. The zero-order chi connectivity index (χ0) is 15.0. The molecule has 1 fully saturated rings. The Morgan fingerprint density at radius 2 is 1.63 bits per heavy atom. The van der Waals surface area contributed by atoms with Gasteiger partial charge in [0.2, 0.25) is 0 Å². The maximum absolute atomic E-state index is 2.75. The third-order valence-electron chi connectivity index (χ3n) is 4.91. The summed E-state index contributed by atoms with van der Waals surface area (Å²) in [5.74, 6) is 0. The first kappa shape index (κ1) is 17.0. The van der Waals surface area contributed by atoms with Crippen LogP contribution in [0.15, 0.2) is 0 Å². The Hall–Kier alpha value is -0.0800. The highest BCUT2D eigenvalue weighted by Gasteiger charge is 2.44. The summed E-state index contributed by atoms with van der Waals surface area (Å²) in [6.45, 7) is 18.7. The fourth-order valence-electron chi connectivity index (χ4n) is 3.58. The number of hydrogen-bond acceptors (Lipinski definition) is 2. The van der Waals surface area contributed by atoms with Crippen LogP contribution in [-0.2, 0) is 0 Å². The van der Waals surface area contributed by atoms with Gasteiger partial charge < -0.3 is 0 Å². The van der Waals surface area contributed by atoms with Gasteiger partial charge in [0, 0.05) is 29.2 Å². The van der Waals surface area contributed by atoms with Crippen LogP contribution in [0.3, 0.4) is 0 Å². The van der Waals surface area contributed by atoms with Gasteiger partial charge >= 0.3 is 0 Å². The molecule has 3 unspecified atom stereocenters. The molecule has 0 amide bonds. The number of nitrogens with zero attached hydrogens (tertiary/aromatic N) is 2. The van der Waals surface area contributed by atoms with Crippen molar-refractivity contribution < 1.29 is 0 Å². The molecule has 0 saturated carbocycles. The van der Waals surface area contributed by atoms with E-state index in [1.165, 1.54) is 19.3 Å². The van der Waals surface area contributed by atoms with E-state index in [4.69, 9.17) is 0 Å². The van der Waals surface area contributed by atoms with Crippen LogP contribution in [0, 0.1) is 0 Å². The normalized spacial score (nSPS) is 27.5. The van der Waals surface area contributed by atoms with Crippen LogP contribution in [0.5, 0.6) is 0 Å². The van der Waals surface area contributed by atoms with Crippen molar-refractivity contribution in [3.05, 3.63) is 0 Å². The lowest BCUT2D eigenvalue weighted by Gasteiger charge is -2.57. The van der Waals surface area contributed by atoms with Crippen LogP contribution in [0.1, 0.15) is 74.7 Å². The third kappa shape index (κ3) is 3.95. The molecule has 114 valence electrons. The Labute approximate surface area is 121 Å². The molecule has 19 heavy (non-hydrogen) atoms. The van der Waals surface area contributed by atoms with E-state index in [0.29, 0.717) is 11.6 Å². The lowest BCUT2D eigenvalue weighted by molar-refractivity contribution is -0.0739. The summed E-state index contributed by atoms with van der Waals surface area (Å²) in [6, 6.07) is 2.22. The van der Waals surface area contributed by atoms with Crippen LogP contribution in [0.2, 0.25) is 0 Å². The molecule has 0 N–H and O–H groups in total. The first-order valence-electron chi connectivity index (χ1n) is 7.99. The summed E-state index contributed by atoms with van der Waals surface area (Å²) >= 11 is 0. The van der Waals surface area contributed by atoms with Crippen LogP contribution >= 0.6 is 0 Å². The largest absolute Gasteiger partial charge is 0.299 e. The van der Waals surface area contributed by atoms with Gasteiger partial charge in [-0.25, -0.2) is 0 Å². The molecular formula is C17H36N2. The summed E-state index contributed by atoms with van der Waals surface area (Å²) in [7, 11) is 2.27. The summed E-state index contributed by atoms with van der Waals surface area (Å²) in [4.78, 5) is 5.27. The highest BCUT2D eigenvalue weighted by molar-refractivity contribution is 5.00. The lowest BCUT2D eigenvalue weighted by atomic mass is 9.81. The zero-order valence-electron chi connectivity index (χ0n) is 14.7. The second-order valence-corrected chi connectivity index (χ2v) is 8.40. The first-order valence-corrected chi connectivity index (χ1v) is 7.99. The Morgan fingerprint density at radius 1 is 1.11 bits per heavy atom. The van der Waals surface area contributed by atoms with Crippen LogP contribution in [0.25, 0.3) is 0 Å². The Balaban J connectivity index is 2.63. The molecule has 0 aromatic carbocycles. The van der Waals surface area contributed by atoms with Gasteiger partial charge in [-0.1, -0.05) is 6.92 Å². The molecular weight excluding hydrogens is 232 g/mol. The average molecular weight is 268 g/mol. The summed E-state index contributed by atoms with van der Waals surface area (Å²) < 4.78 is 0. The maximum atomic E-state index is 2.75. The van der Waals surface area contributed by atoms with Gasteiger partial charge in [-0.15, -0.1) is 0 Å². The van der Waals surface area contributed by atoms with E-state index in [0.717, 1.165) is 12.1 Å². The molecule has 1 aliphatic heterocycles. The maximum Gasteiger partial charge on any atom is 0.0133 e. The van der Waals surface area contributed by atoms with Crippen molar-refractivity contribution >= 4 is 0 Å². The molecule has 0 bridgehead atoms. The highest BCUT2D eigenvalue weighted by atomic mass is 15.3. The van der Waals surface area contributed by atoms with E-state index < -0.39 is 0 Å². The van der Waals surface area contributed by atoms with Crippen molar-refractivity contribution in [2.75, 3.05) is 7.05 Å². The molecule has 1 aliphatic rings. The number of rotatable bonds is 4. The number of hydrogen-bond donors (Lipinski definition) is 0. The summed E-state index contributed by atoms with van der Waals surface area (Å²) in [5, 5.41) is 0. The minimum absolute atomic E-state index is 0.264. The lowest BCUT2D eigenvalue weighted by Crippen LogP contribution is -2.64. The molecule has 0 aromatic rings. The van der Waals surface area contributed by atoms with Gasteiger partial charge in [0.15, 0.2) is 0 Å². The van der Waals surface area contributed by atoms with Gasteiger partial charge in [-0.3, -0.25) is 9.80 Å². The Morgan fingerprint density at radius 3 is 2.00 bits per heavy atom. The summed E-state index contributed by atoms with van der Waals surface area (Å²) in [5.41, 5.74) is 0.573. The van der Waals surface area contributed by atoms with Crippen LogP contribution in [0.4, 0.5) is 0 Å². The summed E-state index contributed by atoms with van der Waals surface area (Å²) in [6.07, 6.45) is 3.97. The van der Waals surface area contributed by atoms with Crippen molar-refractivity contribution in [1.82, 2.24) is 9.80 Å². The predicted octanol–water partition coefficient (Wildman–Crippen LogP) is 4.15. The van der Waals surface area contributed by atoms with E-state index in [1.807, 2.05) is 0 Å². The average Bonchev–Trinajstić information content (AvgIpc) is 2.17. The Bertz CT molecular complexity index is 285. The highest BCUT2D eigenvalue weighted by Crippen LogP contribution is 2.38. The number of likely N-dealkylation sites (tertiary alicyclic amines) is 1. The van der Waals surface area contributed by atoms with Gasteiger partial charge in [-0.05, 0) is 74.8 Å². The second kappa shape index (κ2) is 5.73.